The van der Waals surface area contributed by atoms with Crippen LogP contribution in [0.3, 0.4) is 0 Å². The minimum absolute atomic E-state index is 0.700. The third-order valence-electron chi connectivity index (χ3n) is 11.6. The highest BCUT2D eigenvalue weighted by molar-refractivity contribution is 6.20. The van der Waals surface area contributed by atoms with Gasteiger partial charge in [-0.05, 0) is 79.8 Å². The molecule has 260 valence electrons. The first kappa shape index (κ1) is 30.5. The molecule has 5 heteroatoms. The molecule has 2 aliphatic rings. The van der Waals surface area contributed by atoms with Crippen molar-refractivity contribution in [2.45, 2.75) is 25.7 Å². The Bertz CT molecular complexity index is 3380. The summed E-state index contributed by atoms with van der Waals surface area (Å²) in [4.78, 5) is 10.5. The highest BCUT2D eigenvalue weighted by Crippen LogP contribution is 2.44. The van der Waals surface area contributed by atoms with Crippen LogP contribution in [-0.4, -0.2) is 19.1 Å². The minimum atomic E-state index is 0.700. The molecule has 0 N–H and O–H groups in total. The van der Waals surface area contributed by atoms with Gasteiger partial charge in [0.15, 0.2) is 11.4 Å². The first-order chi connectivity index (χ1) is 27.3. The Hall–Kier alpha value is -6.98. The van der Waals surface area contributed by atoms with Gasteiger partial charge in [-0.1, -0.05) is 109 Å². The van der Waals surface area contributed by atoms with E-state index in [2.05, 4.69) is 167 Å². The monoisotopic (exact) mass is 706 g/mol. The second kappa shape index (κ2) is 11.8. The van der Waals surface area contributed by atoms with E-state index in [1.54, 1.807) is 0 Å². The van der Waals surface area contributed by atoms with Crippen LogP contribution in [0, 0.1) is 0 Å². The van der Waals surface area contributed by atoms with Crippen molar-refractivity contribution in [1.29, 1.82) is 0 Å². The number of hydrogen-bond acceptors (Lipinski definition) is 3. The van der Waals surface area contributed by atoms with E-state index in [0.29, 0.717) is 5.82 Å². The molecule has 0 saturated heterocycles. The molecular formula is C50H34N4O. The van der Waals surface area contributed by atoms with E-state index in [4.69, 9.17) is 14.4 Å². The van der Waals surface area contributed by atoms with Gasteiger partial charge in [0.1, 0.15) is 5.58 Å². The van der Waals surface area contributed by atoms with E-state index in [1.165, 1.54) is 38.3 Å². The number of aromatic nitrogens is 4. The first-order valence-electron chi connectivity index (χ1n) is 19.2. The van der Waals surface area contributed by atoms with Crippen LogP contribution in [0.1, 0.15) is 31.4 Å². The number of fused-ring (bicyclic) bond motifs is 10. The van der Waals surface area contributed by atoms with Crippen molar-refractivity contribution in [1.82, 2.24) is 19.1 Å². The molecule has 0 atom stereocenters. The third-order valence-corrected chi connectivity index (χ3v) is 11.6. The molecule has 2 aliphatic carbocycles. The van der Waals surface area contributed by atoms with E-state index < -0.39 is 0 Å². The molecule has 4 aromatic heterocycles. The SMILES string of the molecule is C1=CCCC(n2c3ccccc3c3cc4c(cc32)c2ccccc2n4-c2cccc3c2oc2cccc(-c4nc(C5=CCCC=C5)c5ccccc5n4)c23)=C1. The van der Waals surface area contributed by atoms with Gasteiger partial charge < -0.3 is 13.6 Å². The van der Waals surface area contributed by atoms with Crippen LogP contribution in [0.5, 0.6) is 0 Å². The van der Waals surface area contributed by atoms with E-state index in [0.717, 1.165) is 92.1 Å². The summed E-state index contributed by atoms with van der Waals surface area (Å²) in [5.74, 6) is 0.700. The highest BCUT2D eigenvalue weighted by atomic mass is 16.3. The van der Waals surface area contributed by atoms with Gasteiger partial charge in [-0.25, -0.2) is 9.97 Å². The lowest BCUT2D eigenvalue weighted by atomic mass is 10.00. The van der Waals surface area contributed by atoms with Crippen molar-refractivity contribution in [2.24, 2.45) is 0 Å². The fourth-order valence-electron chi connectivity index (χ4n) is 9.18. The Morgan fingerprint density at radius 1 is 0.564 bits per heavy atom. The van der Waals surface area contributed by atoms with Gasteiger partial charge in [0.25, 0.3) is 0 Å². The van der Waals surface area contributed by atoms with E-state index >= 15 is 0 Å². The summed E-state index contributed by atoms with van der Waals surface area (Å²) >= 11 is 0. The summed E-state index contributed by atoms with van der Waals surface area (Å²) in [6, 6.07) is 43.5. The molecule has 4 heterocycles. The van der Waals surface area contributed by atoms with Crippen LogP contribution in [-0.2, 0) is 0 Å². The number of allylic oxidation sites excluding steroid dienone is 8. The van der Waals surface area contributed by atoms with Crippen LogP contribution >= 0.6 is 0 Å². The lowest BCUT2D eigenvalue weighted by Crippen LogP contribution is -1.99. The van der Waals surface area contributed by atoms with Crippen molar-refractivity contribution in [3.8, 4) is 17.1 Å². The molecule has 6 aromatic carbocycles. The lowest BCUT2D eigenvalue weighted by molar-refractivity contribution is 0.666. The summed E-state index contributed by atoms with van der Waals surface area (Å²) in [6.07, 6.45) is 17.6. The molecule has 55 heavy (non-hydrogen) atoms. The predicted molar refractivity (Wildman–Crippen MR) is 229 cm³/mol. The molecule has 0 amide bonds. The summed E-state index contributed by atoms with van der Waals surface area (Å²) in [6.45, 7) is 0. The Balaban J connectivity index is 1.13. The number of hydrogen-bond donors (Lipinski definition) is 0. The fourth-order valence-corrected chi connectivity index (χ4v) is 9.18. The van der Waals surface area contributed by atoms with E-state index in [1.807, 2.05) is 0 Å². The quantitative estimate of drug-likeness (QED) is 0.183. The van der Waals surface area contributed by atoms with Gasteiger partial charge in [-0.2, -0.15) is 0 Å². The lowest BCUT2D eigenvalue weighted by Gasteiger charge is -2.14. The third kappa shape index (κ3) is 4.47. The molecule has 0 aliphatic heterocycles. The first-order valence-corrected chi connectivity index (χ1v) is 19.2. The maximum absolute atomic E-state index is 6.93. The molecule has 5 nitrogen and oxygen atoms in total. The average molecular weight is 707 g/mol. The van der Waals surface area contributed by atoms with Crippen LogP contribution < -0.4 is 0 Å². The Labute approximate surface area is 316 Å². The number of furan rings is 1. The summed E-state index contributed by atoms with van der Waals surface area (Å²) in [5, 5.41) is 8.06. The molecule has 0 saturated carbocycles. The number of para-hydroxylation sites is 4. The highest BCUT2D eigenvalue weighted by Gasteiger charge is 2.23. The van der Waals surface area contributed by atoms with Gasteiger partial charge in [-0.3, -0.25) is 0 Å². The summed E-state index contributed by atoms with van der Waals surface area (Å²) in [5.41, 5.74) is 12.8. The minimum Gasteiger partial charge on any atom is -0.454 e. The second-order valence-electron chi connectivity index (χ2n) is 14.7. The van der Waals surface area contributed by atoms with Gasteiger partial charge in [0.2, 0.25) is 0 Å². The van der Waals surface area contributed by atoms with Crippen LogP contribution in [0.25, 0.3) is 105 Å². The number of rotatable bonds is 4. The Kier molecular flexibility index (Phi) is 6.52. The fraction of sp³-hybridized carbons (Fsp3) is 0.0800. The molecule has 0 bridgehead atoms. The molecule has 10 aromatic rings. The smallest absolute Gasteiger partial charge is 0.161 e. The van der Waals surface area contributed by atoms with Crippen LogP contribution in [0.2, 0.25) is 0 Å². The van der Waals surface area contributed by atoms with Crippen molar-refractivity contribution in [2.75, 3.05) is 0 Å². The van der Waals surface area contributed by atoms with Crippen molar-refractivity contribution < 1.29 is 4.42 Å². The van der Waals surface area contributed by atoms with Crippen molar-refractivity contribution in [3.63, 3.8) is 0 Å². The maximum Gasteiger partial charge on any atom is 0.161 e. The molecule has 0 unspecified atom stereocenters. The van der Waals surface area contributed by atoms with Crippen LogP contribution in [0.4, 0.5) is 0 Å². The molecule has 0 spiro atoms. The van der Waals surface area contributed by atoms with Gasteiger partial charge in [-0.15, -0.1) is 0 Å². The number of benzene rings is 6. The normalized spacial score (nSPS) is 14.7. The zero-order valence-corrected chi connectivity index (χ0v) is 30.0. The zero-order chi connectivity index (χ0) is 36.0. The van der Waals surface area contributed by atoms with Gasteiger partial charge >= 0.3 is 0 Å². The summed E-state index contributed by atoms with van der Waals surface area (Å²) in [7, 11) is 0. The summed E-state index contributed by atoms with van der Waals surface area (Å²) < 4.78 is 11.8. The van der Waals surface area contributed by atoms with E-state index in [9.17, 15) is 0 Å². The van der Waals surface area contributed by atoms with Crippen LogP contribution in [0.15, 0.2) is 162 Å². The maximum atomic E-state index is 6.93. The molecule has 0 radical (unpaired) electrons. The average Bonchev–Trinajstić information content (AvgIpc) is 3.90. The van der Waals surface area contributed by atoms with Gasteiger partial charge in [0, 0.05) is 49.0 Å². The Morgan fingerprint density at radius 3 is 2.07 bits per heavy atom. The van der Waals surface area contributed by atoms with Crippen molar-refractivity contribution >= 4 is 87.7 Å². The number of nitrogens with zero attached hydrogens (tertiary/aromatic N) is 4. The van der Waals surface area contributed by atoms with Gasteiger partial charge in [0.05, 0.1) is 39.0 Å². The van der Waals surface area contributed by atoms with E-state index in [-0.39, 0.29) is 0 Å². The second-order valence-corrected chi connectivity index (χ2v) is 14.7. The molecular weight excluding hydrogens is 673 g/mol. The largest absolute Gasteiger partial charge is 0.454 e. The molecule has 0 fully saturated rings. The zero-order valence-electron chi connectivity index (χ0n) is 30.0. The molecule has 12 rings (SSSR count). The predicted octanol–water partition coefficient (Wildman–Crippen LogP) is 13.3. The van der Waals surface area contributed by atoms with Crippen molar-refractivity contribution in [3.05, 3.63) is 163 Å². The standard InChI is InChI=1S/C50H34N4O/c1-3-15-31(16-4-1)48-35-21-7-10-24-40(35)51-50(52-48)37-23-14-28-46-47(37)36-22-13-27-43(49(36)55-46)54-42-26-12-9-20-34(42)39-29-44-38(30-45(39)54)33-19-8-11-25-41(33)53(44)32-17-5-2-6-18-32/h2-3,5,7-17,19-30H,1,4,6,18H2. The Morgan fingerprint density at radius 2 is 1.29 bits per heavy atom. The topological polar surface area (TPSA) is 48.8 Å².